The summed E-state index contributed by atoms with van der Waals surface area (Å²) in [7, 11) is 4.13. The largest absolute Gasteiger partial charge is 0.389 e. The van der Waals surface area contributed by atoms with Crippen molar-refractivity contribution in [1.29, 1.82) is 0 Å². The molecule has 1 aromatic carbocycles. The Balaban J connectivity index is 1.19. The zero-order chi connectivity index (χ0) is 30.6. The molecule has 1 fully saturated rings. The summed E-state index contributed by atoms with van der Waals surface area (Å²) in [4.78, 5) is 38.0. The van der Waals surface area contributed by atoms with Gasteiger partial charge in [0.1, 0.15) is 0 Å². The van der Waals surface area contributed by atoms with E-state index in [2.05, 4.69) is 29.0 Å². The summed E-state index contributed by atoms with van der Waals surface area (Å²) in [5.41, 5.74) is 4.24. The number of pyridine rings is 1. The van der Waals surface area contributed by atoms with Crippen LogP contribution in [0.3, 0.4) is 0 Å². The minimum atomic E-state index is -4.34. The number of carbonyl (C=O) groups excluding carboxylic acids is 2. The lowest BCUT2D eigenvalue weighted by Gasteiger charge is -2.35. The van der Waals surface area contributed by atoms with E-state index in [0.717, 1.165) is 56.0 Å². The van der Waals surface area contributed by atoms with Crippen molar-refractivity contribution in [2.75, 3.05) is 66.5 Å². The highest BCUT2D eigenvalue weighted by atomic mass is 19.4. The number of piperazine rings is 1. The van der Waals surface area contributed by atoms with Crippen molar-refractivity contribution in [3.63, 3.8) is 0 Å². The van der Waals surface area contributed by atoms with Gasteiger partial charge in [-0.25, -0.2) is 9.50 Å². The molecular weight excluding hydrogens is 559 g/mol. The molecule has 9 nitrogen and oxygen atoms in total. The number of alkyl halides is 3. The smallest absolute Gasteiger partial charge is 0.339 e. The van der Waals surface area contributed by atoms with Crippen LogP contribution in [0.2, 0.25) is 0 Å². The molecule has 2 aliphatic rings. The number of hydrogen-bond acceptors (Lipinski definition) is 6. The van der Waals surface area contributed by atoms with Gasteiger partial charge in [0.2, 0.25) is 5.91 Å². The number of rotatable bonds is 9. The molecule has 0 aliphatic carbocycles. The molecule has 4 heterocycles. The fourth-order valence-corrected chi connectivity index (χ4v) is 5.47. The summed E-state index contributed by atoms with van der Waals surface area (Å²) in [6, 6.07) is 11.5. The van der Waals surface area contributed by atoms with Crippen molar-refractivity contribution >= 4 is 23.0 Å². The van der Waals surface area contributed by atoms with Crippen molar-refractivity contribution in [3.8, 4) is 0 Å². The second kappa shape index (κ2) is 13.3. The monoisotopic (exact) mass is 597 g/mol. The molecular formula is C31H38F3N7O2. The van der Waals surface area contributed by atoms with Crippen molar-refractivity contribution in [2.24, 2.45) is 0 Å². The number of fused-ring (bicyclic) bond motifs is 1. The van der Waals surface area contributed by atoms with Crippen molar-refractivity contribution in [1.82, 2.24) is 34.2 Å². The Labute approximate surface area is 249 Å². The van der Waals surface area contributed by atoms with Crippen LogP contribution < -0.4 is 0 Å². The first kappa shape index (κ1) is 30.7. The second-order valence-corrected chi connectivity index (χ2v) is 11.5. The number of halogens is 3. The highest BCUT2D eigenvalue weighted by molar-refractivity contribution is 5.94. The van der Waals surface area contributed by atoms with Crippen LogP contribution in [-0.4, -0.2) is 119 Å². The van der Waals surface area contributed by atoms with Crippen LogP contribution in [0.5, 0.6) is 0 Å². The summed E-state index contributed by atoms with van der Waals surface area (Å²) in [6.45, 7) is 5.87. The van der Waals surface area contributed by atoms with Gasteiger partial charge < -0.3 is 14.7 Å². The third kappa shape index (κ3) is 7.99. The van der Waals surface area contributed by atoms with Gasteiger partial charge in [0.25, 0.3) is 5.91 Å². The van der Waals surface area contributed by atoms with E-state index in [9.17, 15) is 22.8 Å². The molecule has 2 amide bonds. The van der Waals surface area contributed by atoms with E-state index in [1.807, 2.05) is 53.6 Å². The molecule has 230 valence electrons. The van der Waals surface area contributed by atoms with Gasteiger partial charge >= 0.3 is 6.18 Å². The lowest BCUT2D eigenvalue weighted by atomic mass is 10.00. The Bertz CT molecular complexity index is 1460. The van der Waals surface area contributed by atoms with Gasteiger partial charge in [-0.3, -0.25) is 14.5 Å². The first-order valence-corrected chi connectivity index (χ1v) is 14.7. The lowest BCUT2D eigenvalue weighted by Crippen LogP contribution is -2.49. The average Bonchev–Trinajstić information content (AvgIpc) is 3.41. The number of hydrogen-bond donors (Lipinski definition) is 0. The predicted molar refractivity (Wildman–Crippen MR) is 158 cm³/mol. The van der Waals surface area contributed by atoms with E-state index in [4.69, 9.17) is 4.98 Å². The number of carbonyl (C=O) groups is 2. The van der Waals surface area contributed by atoms with Crippen LogP contribution in [0.1, 0.15) is 46.6 Å². The van der Waals surface area contributed by atoms with E-state index >= 15 is 0 Å². The highest BCUT2D eigenvalue weighted by Gasteiger charge is 2.30. The van der Waals surface area contributed by atoms with Crippen LogP contribution in [0.4, 0.5) is 13.2 Å². The Kier molecular flexibility index (Phi) is 9.46. The van der Waals surface area contributed by atoms with Crippen LogP contribution in [-0.2, 0) is 11.2 Å². The molecule has 43 heavy (non-hydrogen) atoms. The molecule has 0 atom stereocenters. The molecule has 0 saturated carbocycles. The Morgan fingerprint density at radius 1 is 0.977 bits per heavy atom. The first-order chi connectivity index (χ1) is 20.6. The van der Waals surface area contributed by atoms with Gasteiger partial charge in [-0.2, -0.15) is 18.3 Å². The Morgan fingerprint density at radius 2 is 1.72 bits per heavy atom. The minimum Gasteiger partial charge on any atom is -0.339 e. The number of likely N-dealkylation sites (N-methyl/N-ethyl adjacent to an activating group) is 1. The molecule has 0 spiro atoms. The zero-order valence-corrected chi connectivity index (χ0v) is 24.7. The fourth-order valence-electron chi connectivity index (χ4n) is 5.47. The summed E-state index contributed by atoms with van der Waals surface area (Å²) >= 11 is 0. The number of benzene rings is 1. The van der Waals surface area contributed by atoms with E-state index in [0.29, 0.717) is 36.4 Å². The molecule has 0 radical (unpaired) electrons. The van der Waals surface area contributed by atoms with Crippen LogP contribution in [0.15, 0.2) is 48.7 Å². The predicted octanol–water partition coefficient (Wildman–Crippen LogP) is 3.60. The normalized spacial score (nSPS) is 16.7. The van der Waals surface area contributed by atoms with Crippen molar-refractivity contribution in [3.05, 3.63) is 71.2 Å². The van der Waals surface area contributed by atoms with E-state index in [-0.39, 0.29) is 12.5 Å². The van der Waals surface area contributed by atoms with Gasteiger partial charge in [-0.05, 0) is 55.9 Å². The molecule has 3 aromatic rings. The SMILES string of the molecule is CN(C)CCN1CCN(C(=O)c2ccc(Cc3nc4c(C5=CCN(C(=O)CCC(F)(F)F)CC5)cccn4n3)cc2)CC1. The van der Waals surface area contributed by atoms with Crippen LogP contribution >= 0.6 is 0 Å². The van der Waals surface area contributed by atoms with E-state index in [1.165, 1.54) is 4.90 Å². The maximum absolute atomic E-state index is 13.1. The van der Waals surface area contributed by atoms with Gasteiger partial charge in [0, 0.05) is 82.5 Å². The molecule has 2 aliphatic heterocycles. The minimum absolute atomic E-state index is 0.0516. The Hall–Kier alpha value is -3.77. The summed E-state index contributed by atoms with van der Waals surface area (Å²) in [5, 5.41) is 4.64. The van der Waals surface area contributed by atoms with E-state index in [1.54, 1.807) is 4.52 Å². The van der Waals surface area contributed by atoms with E-state index < -0.39 is 24.9 Å². The third-order valence-electron chi connectivity index (χ3n) is 8.02. The van der Waals surface area contributed by atoms with Gasteiger partial charge in [-0.1, -0.05) is 18.2 Å². The van der Waals surface area contributed by atoms with Crippen molar-refractivity contribution in [2.45, 2.75) is 31.9 Å². The number of nitrogens with zero attached hydrogens (tertiary/aromatic N) is 7. The quantitative estimate of drug-likeness (QED) is 0.375. The van der Waals surface area contributed by atoms with Crippen LogP contribution in [0.25, 0.3) is 11.2 Å². The number of aromatic nitrogens is 3. The van der Waals surface area contributed by atoms with Gasteiger partial charge in [0.05, 0.1) is 6.42 Å². The third-order valence-corrected chi connectivity index (χ3v) is 8.02. The molecule has 0 N–H and O–H groups in total. The molecule has 0 bridgehead atoms. The molecule has 12 heteroatoms. The first-order valence-electron chi connectivity index (χ1n) is 14.7. The lowest BCUT2D eigenvalue weighted by molar-refractivity contribution is -0.148. The van der Waals surface area contributed by atoms with Crippen molar-refractivity contribution < 1.29 is 22.8 Å². The average molecular weight is 598 g/mol. The summed E-state index contributed by atoms with van der Waals surface area (Å²) in [5.74, 6) is 0.206. The highest BCUT2D eigenvalue weighted by Crippen LogP contribution is 2.27. The maximum atomic E-state index is 13.1. The zero-order valence-electron chi connectivity index (χ0n) is 24.7. The molecule has 2 aromatic heterocycles. The topological polar surface area (TPSA) is 77.3 Å². The summed E-state index contributed by atoms with van der Waals surface area (Å²) in [6.07, 6.45) is -1.23. The molecule has 1 saturated heterocycles. The van der Waals surface area contributed by atoms with Gasteiger partial charge in [0.15, 0.2) is 11.5 Å². The standard InChI is InChI=1S/C31H38F3N7O2/c1-37(2)16-17-38-18-20-40(21-19-38)30(43)25-7-5-23(6-8-25)22-27-35-29-26(4-3-13-41(29)36-27)24-10-14-39(15-11-24)28(42)9-12-31(32,33)34/h3-8,10,13H,9,11-12,14-22H2,1-2H3. The fraction of sp³-hybridized carbons (Fsp3) is 0.484. The van der Waals surface area contributed by atoms with Crippen LogP contribution in [0, 0.1) is 0 Å². The number of amides is 2. The summed E-state index contributed by atoms with van der Waals surface area (Å²) < 4.78 is 39.2. The Morgan fingerprint density at radius 3 is 2.37 bits per heavy atom. The molecule has 0 unspecified atom stereocenters. The molecule has 5 rings (SSSR count). The second-order valence-electron chi connectivity index (χ2n) is 11.5. The maximum Gasteiger partial charge on any atom is 0.389 e. The van der Waals surface area contributed by atoms with Gasteiger partial charge in [-0.15, -0.1) is 0 Å².